The van der Waals surface area contributed by atoms with Crippen LogP contribution in [0.3, 0.4) is 0 Å². The van der Waals surface area contributed by atoms with Gasteiger partial charge in [0.1, 0.15) is 0 Å². The van der Waals surface area contributed by atoms with E-state index in [0.717, 1.165) is 12.5 Å². The van der Waals surface area contributed by atoms with Crippen LogP contribution in [0, 0.1) is 5.92 Å². The zero-order valence-electron chi connectivity index (χ0n) is 9.20. The van der Waals surface area contributed by atoms with Crippen molar-refractivity contribution in [2.75, 3.05) is 13.6 Å². The summed E-state index contributed by atoms with van der Waals surface area (Å²) in [7, 11) is 1.89. The SMILES string of the molecule is CC(S)C(=O)N(C)CC1CCCCC1. The molecule has 1 fully saturated rings. The normalized spacial score (nSPS) is 20.5. The Morgan fingerprint density at radius 2 is 2.00 bits per heavy atom. The van der Waals surface area contributed by atoms with Crippen LogP contribution in [-0.4, -0.2) is 29.6 Å². The van der Waals surface area contributed by atoms with E-state index < -0.39 is 0 Å². The minimum absolute atomic E-state index is 0.152. The first-order valence-electron chi connectivity index (χ1n) is 5.54. The van der Waals surface area contributed by atoms with Crippen molar-refractivity contribution in [2.24, 2.45) is 5.92 Å². The van der Waals surface area contributed by atoms with Gasteiger partial charge in [-0.05, 0) is 25.7 Å². The molecule has 0 heterocycles. The number of hydrogen-bond acceptors (Lipinski definition) is 2. The molecule has 1 unspecified atom stereocenters. The average Bonchev–Trinajstić information content (AvgIpc) is 2.18. The Labute approximate surface area is 92.5 Å². The lowest BCUT2D eigenvalue weighted by atomic mass is 9.89. The lowest BCUT2D eigenvalue weighted by Crippen LogP contribution is -2.36. The van der Waals surface area contributed by atoms with Crippen LogP contribution in [0.2, 0.25) is 0 Å². The predicted molar refractivity (Wildman–Crippen MR) is 62.7 cm³/mol. The van der Waals surface area contributed by atoms with Gasteiger partial charge >= 0.3 is 0 Å². The maximum atomic E-state index is 11.6. The van der Waals surface area contributed by atoms with Crippen molar-refractivity contribution in [1.29, 1.82) is 0 Å². The van der Waals surface area contributed by atoms with E-state index in [9.17, 15) is 4.79 Å². The molecular weight excluding hydrogens is 194 g/mol. The molecule has 0 radical (unpaired) electrons. The van der Waals surface area contributed by atoms with Gasteiger partial charge in [0.15, 0.2) is 0 Å². The first kappa shape index (κ1) is 11.9. The van der Waals surface area contributed by atoms with Gasteiger partial charge in [-0.15, -0.1) is 0 Å². The highest BCUT2D eigenvalue weighted by Crippen LogP contribution is 2.24. The number of thiol groups is 1. The van der Waals surface area contributed by atoms with Crippen LogP contribution in [-0.2, 0) is 4.79 Å². The number of carbonyl (C=O) groups is 1. The standard InChI is InChI=1S/C11H21NOS/c1-9(14)11(13)12(2)8-10-6-4-3-5-7-10/h9-10,14H,3-8H2,1-2H3. The van der Waals surface area contributed by atoms with Gasteiger partial charge in [0, 0.05) is 13.6 Å². The van der Waals surface area contributed by atoms with Gasteiger partial charge < -0.3 is 4.90 Å². The third kappa shape index (κ3) is 3.52. The van der Waals surface area contributed by atoms with Gasteiger partial charge in [0.05, 0.1) is 5.25 Å². The molecule has 1 aliphatic carbocycles. The smallest absolute Gasteiger partial charge is 0.234 e. The minimum atomic E-state index is -0.163. The molecule has 0 aromatic heterocycles. The summed E-state index contributed by atoms with van der Waals surface area (Å²) in [5, 5.41) is -0.163. The monoisotopic (exact) mass is 215 g/mol. The molecule has 1 rings (SSSR count). The molecule has 0 aromatic rings. The van der Waals surface area contributed by atoms with E-state index in [0.29, 0.717) is 0 Å². The maximum absolute atomic E-state index is 11.6. The highest BCUT2D eigenvalue weighted by Gasteiger charge is 2.19. The second-order valence-corrected chi connectivity index (χ2v) is 5.17. The molecule has 0 saturated heterocycles. The van der Waals surface area contributed by atoms with Crippen LogP contribution < -0.4 is 0 Å². The number of hydrogen-bond donors (Lipinski definition) is 1. The molecular formula is C11H21NOS. The average molecular weight is 215 g/mol. The first-order chi connectivity index (χ1) is 6.61. The Morgan fingerprint density at radius 3 is 2.50 bits per heavy atom. The van der Waals surface area contributed by atoms with Crippen molar-refractivity contribution < 1.29 is 4.79 Å². The predicted octanol–water partition coefficient (Wildman–Crippen LogP) is 2.34. The van der Waals surface area contributed by atoms with Gasteiger partial charge in [0.2, 0.25) is 5.91 Å². The largest absolute Gasteiger partial charge is 0.345 e. The number of amides is 1. The lowest BCUT2D eigenvalue weighted by Gasteiger charge is -2.27. The quantitative estimate of drug-likeness (QED) is 0.717. The molecule has 1 aliphatic rings. The van der Waals surface area contributed by atoms with Gasteiger partial charge in [-0.1, -0.05) is 19.3 Å². The highest BCUT2D eigenvalue weighted by atomic mass is 32.1. The van der Waals surface area contributed by atoms with Crippen LogP contribution in [0.15, 0.2) is 0 Å². The molecule has 0 spiro atoms. The molecule has 1 saturated carbocycles. The zero-order valence-corrected chi connectivity index (χ0v) is 10.1. The Bertz CT molecular complexity index is 188. The maximum Gasteiger partial charge on any atom is 0.234 e. The Kier molecular flexibility index (Phi) is 4.79. The van der Waals surface area contributed by atoms with Crippen LogP contribution in [0.5, 0.6) is 0 Å². The van der Waals surface area contributed by atoms with Crippen molar-refractivity contribution in [2.45, 2.75) is 44.3 Å². The van der Waals surface area contributed by atoms with Gasteiger partial charge in [-0.3, -0.25) is 4.79 Å². The third-order valence-electron chi connectivity index (χ3n) is 2.99. The van der Waals surface area contributed by atoms with Crippen molar-refractivity contribution in [3.05, 3.63) is 0 Å². The van der Waals surface area contributed by atoms with E-state index in [1.54, 1.807) is 0 Å². The molecule has 0 bridgehead atoms. The second kappa shape index (κ2) is 5.64. The van der Waals surface area contributed by atoms with Crippen LogP contribution in [0.25, 0.3) is 0 Å². The molecule has 0 aliphatic heterocycles. The Hall–Kier alpha value is -0.180. The minimum Gasteiger partial charge on any atom is -0.345 e. The summed E-state index contributed by atoms with van der Waals surface area (Å²) < 4.78 is 0. The fourth-order valence-corrected chi connectivity index (χ4v) is 2.36. The number of carbonyl (C=O) groups excluding carboxylic acids is 1. The summed E-state index contributed by atoms with van der Waals surface area (Å²) in [4.78, 5) is 13.4. The van der Waals surface area contributed by atoms with Gasteiger partial charge in [0.25, 0.3) is 0 Å². The summed E-state index contributed by atoms with van der Waals surface area (Å²) in [6.45, 7) is 2.76. The van der Waals surface area contributed by atoms with Gasteiger partial charge in [-0.2, -0.15) is 12.6 Å². The van der Waals surface area contributed by atoms with Crippen molar-refractivity contribution in [3.8, 4) is 0 Å². The summed E-state index contributed by atoms with van der Waals surface area (Å²) >= 11 is 4.16. The summed E-state index contributed by atoms with van der Waals surface area (Å²) in [6.07, 6.45) is 6.63. The van der Waals surface area contributed by atoms with Gasteiger partial charge in [-0.25, -0.2) is 0 Å². The van der Waals surface area contributed by atoms with Crippen LogP contribution in [0.4, 0.5) is 0 Å². The third-order valence-corrected chi connectivity index (χ3v) is 3.21. The molecule has 1 atom stereocenters. The Morgan fingerprint density at radius 1 is 1.43 bits per heavy atom. The second-order valence-electron chi connectivity index (χ2n) is 4.40. The van der Waals surface area contributed by atoms with E-state index in [1.165, 1.54) is 32.1 Å². The van der Waals surface area contributed by atoms with Crippen molar-refractivity contribution in [3.63, 3.8) is 0 Å². The number of nitrogens with zero attached hydrogens (tertiary/aromatic N) is 1. The molecule has 0 N–H and O–H groups in total. The molecule has 2 nitrogen and oxygen atoms in total. The summed E-state index contributed by atoms with van der Waals surface area (Å²) in [6, 6.07) is 0. The van der Waals surface area contributed by atoms with Crippen molar-refractivity contribution in [1.82, 2.24) is 4.90 Å². The van der Waals surface area contributed by atoms with Crippen LogP contribution >= 0.6 is 12.6 Å². The lowest BCUT2D eigenvalue weighted by molar-refractivity contribution is -0.129. The Balaban J connectivity index is 2.31. The highest BCUT2D eigenvalue weighted by molar-refractivity contribution is 7.81. The fourth-order valence-electron chi connectivity index (χ4n) is 2.17. The molecule has 3 heteroatoms. The zero-order chi connectivity index (χ0) is 10.6. The fraction of sp³-hybridized carbons (Fsp3) is 0.909. The van der Waals surface area contributed by atoms with E-state index in [1.807, 2.05) is 18.9 Å². The number of rotatable bonds is 3. The van der Waals surface area contributed by atoms with Crippen LogP contribution in [0.1, 0.15) is 39.0 Å². The van der Waals surface area contributed by atoms with E-state index >= 15 is 0 Å². The van der Waals surface area contributed by atoms with E-state index in [-0.39, 0.29) is 11.2 Å². The molecule has 14 heavy (non-hydrogen) atoms. The first-order valence-corrected chi connectivity index (χ1v) is 6.06. The summed E-state index contributed by atoms with van der Waals surface area (Å²) in [5.74, 6) is 0.878. The molecule has 82 valence electrons. The van der Waals surface area contributed by atoms with Crippen molar-refractivity contribution >= 4 is 18.5 Å². The molecule has 1 amide bonds. The molecule has 0 aromatic carbocycles. The summed E-state index contributed by atoms with van der Waals surface area (Å²) in [5.41, 5.74) is 0. The topological polar surface area (TPSA) is 20.3 Å². The van der Waals surface area contributed by atoms with E-state index in [2.05, 4.69) is 12.6 Å². The van der Waals surface area contributed by atoms with E-state index in [4.69, 9.17) is 0 Å².